The molecule has 0 saturated heterocycles. The first-order valence-corrected chi connectivity index (χ1v) is 20.0. The lowest BCUT2D eigenvalue weighted by Crippen LogP contribution is -2.39. The van der Waals surface area contributed by atoms with Crippen LogP contribution in [0.2, 0.25) is 0 Å². The Labute approximate surface area is 324 Å². The monoisotopic (exact) mass is 744 g/mol. The molecule has 0 bridgehead atoms. The van der Waals surface area contributed by atoms with Crippen molar-refractivity contribution in [1.29, 1.82) is 0 Å². The van der Waals surface area contributed by atoms with Crippen LogP contribution in [0.3, 0.4) is 0 Å². The molecule has 54 heavy (non-hydrogen) atoms. The van der Waals surface area contributed by atoms with Crippen molar-refractivity contribution in [2.75, 3.05) is 19.5 Å². The zero-order valence-electron chi connectivity index (χ0n) is 31.1. The van der Waals surface area contributed by atoms with Crippen molar-refractivity contribution < 1.29 is 19.7 Å². The highest BCUT2D eigenvalue weighted by Crippen LogP contribution is 2.40. The van der Waals surface area contributed by atoms with Gasteiger partial charge in [-0.25, -0.2) is 0 Å². The van der Waals surface area contributed by atoms with E-state index in [-0.39, 0.29) is 24.2 Å². The maximum absolute atomic E-state index is 11.9. The smallest absolute Gasteiger partial charge is 0.306 e. The Morgan fingerprint density at radius 2 is 1.39 bits per heavy atom. The number of benzene rings is 4. The standard InChI is InChI=1S/C45H52N4O4S/c1-53-42(51)32-34-54-41(31-20-9-7-5-3-2-4-6-8-10-21-33-50)43(52)36-23-22-24-37(35-36)44-46-48-49(47-44)45(38-25-14-11-15-26-38,39-27-16-12-17-28-39)40-29-18-13-19-30-40/h7,9,11-20,22-31,35,41,43,50,52H,2-6,8,10,21,32-34H2,1H3/t41-,43+/m1/s1. The average Bonchev–Trinajstić information content (AvgIpc) is 3.72. The number of aromatic nitrogens is 4. The second kappa shape index (κ2) is 21.8. The number of allylic oxidation sites excluding steroid dienone is 3. The van der Waals surface area contributed by atoms with E-state index in [1.807, 2.05) is 97.1 Å². The summed E-state index contributed by atoms with van der Waals surface area (Å²) in [6.07, 6.45) is 16.6. The van der Waals surface area contributed by atoms with Gasteiger partial charge in [0, 0.05) is 17.9 Å². The number of aliphatic hydroxyl groups excluding tert-OH is 2. The van der Waals surface area contributed by atoms with Crippen molar-refractivity contribution in [3.63, 3.8) is 0 Å². The van der Waals surface area contributed by atoms with Crippen LogP contribution in [0.1, 0.15) is 86.1 Å². The van der Waals surface area contributed by atoms with E-state index in [2.05, 4.69) is 52.8 Å². The maximum Gasteiger partial charge on any atom is 0.306 e. The Morgan fingerprint density at radius 1 is 0.796 bits per heavy atom. The number of esters is 1. The molecule has 0 unspecified atom stereocenters. The van der Waals surface area contributed by atoms with E-state index < -0.39 is 11.6 Å². The van der Waals surface area contributed by atoms with Gasteiger partial charge < -0.3 is 14.9 Å². The first-order valence-electron chi connectivity index (χ1n) is 19.0. The normalized spacial score (nSPS) is 13.0. The number of hydrogen-bond donors (Lipinski definition) is 2. The van der Waals surface area contributed by atoms with Gasteiger partial charge in [-0.2, -0.15) is 11.8 Å². The molecule has 2 atom stereocenters. The van der Waals surface area contributed by atoms with Gasteiger partial charge in [-0.05, 0) is 52.8 Å². The maximum atomic E-state index is 11.9. The summed E-state index contributed by atoms with van der Waals surface area (Å²) in [5.74, 6) is 0.674. The van der Waals surface area contributed by atoms with E-state index in [0.717, 1.165) is 47.9 Å². The van der Waals surface area contributed by atoms with Crippen LogP contribution in [0.5, 0.6) is 0 Å². The topological polar surface area (TPSA) is 110 Å². The van der Waals surface area contributed by atoms with Crippen LogP contribution in [-0.4, -0.2) is 61.1 Å². The van der Waals surface area contributed by atoms with Crippen LogP contribution in [0.4, 0.5) is 0 Å². The summed E-state index contributed by atoms with van der Waals surface area (Å²) in [6.45, 7) is 0.287. The largest absolute Gasteiger partial charge is 0.469 e. The number of carbonyl (C=O) groups is 1. The van der Waals surface area contributed by atoms with Gasteiger partial charge in [0.2, 0.25) is 5.82 Å². The summed E-state index contributed by atoms with van der Waals surface area (Å²) >= 11 is 1.52. The third-order valence-electron chi connectivity index (χ3n) is 9.51. The molecule has 1 aromatic heterocycles. The van der Waals surface area contributed by atoms with Gasteiger partial charge in [0.05, 0.1) is 24.9 Å². The third-order valence-corrected chi connectivity index (χ3v) is 10.7. The molecule has 1 heterocycles. The molecule has 282 valence electrons. The zero-order chi connectivity index (χ0) is 37.9. The van der Waals surface area contributed by atoms with Crippen molar-refractivity contribution in [3.05, 3.63) is 162 Å². The molecule has 0 spiro atoms. The molecule has 2 N–H and O–H groups in total. The summed E-state index contributed by atoms with van der Waals surface area (Å²) in [4.78, 5) is 13.6. The predicted molar refractivity (Wildman–Crippen MR) is 218 cm³/mol. The number of nitrogens with zero attached hydrogens (tertiary/aromatic N) is 4. The van der Waals surface area contributed by atoms with Gasteiger partial charge in [0.1, 0.15) is 0 Å². The number of thioether (sulfide) groups is 1. The number of ether oxygens (including phenoxy) is 1. The fraction of sp³-hybridized carbons (Fsp3) is 0.333. The molecule has 5 aromatic rings. The van der Waals surface area contributed by atoms with E-state index in [1.54, 1.807) is 4.80 Å². The van der Waals surface area contributed by atoms with E-state index in [4.69, 9.17) is 14.9 Å². The molecule has 0 saturated carbocycles. The van der Waals surface area contributed by atoms with Crippen LogP contribution in [0.25, 0.3) is 11.4 Å². The second-order valence-corrected chi connectivity index (χ2v) is 14.5. The lowest BCUT2D eigenvalue weighted by atomic mass is 9.77. The average molecular weight is 745 g/mol. The van der Waals surface area contributed by atoms with Gasteiger partial charge >= 0.3 is 5.97 Å². The first-order chi connectivity index (χ1) is 26.6. The zero-order valence-corrected chi connectivity index (χ0v) is 31.9. The molecule has 5 rings (SSSR count). The minimum atomic E-state index is -0.896. The Hall–Kier alpha value is -4.83. The van der Waals surface area contributed by atoms with Crippen LogP contribution in [0, 0.1) is 0 Å². The van der Waals surface area contributed by atoms with Crippen LogP contribution in [-0.2, 0) is 15.1 Å². The summed E-state index contributed by atoms with van der Waals surface area (Å²) in [5.41, 5.74) is 3.53. The molecular formula is C45H52N4O4S. The van der Waals surface area contributed by atoms with Crippen LogP contribution >= 0.6 is 11.8 Å². The number of tetrazole rings is 1. The number of aliphatic hydroxyl groups is 2. The van der Waals surface area contributed by atoms with Crippen molar-refractivity contribution in [3.8, 4) is 11.4 Å². The van der Waals surface area contributed by atoms with E-state index in [1.165, 1.54) is 44.6 Å². The van der Waals surface area contributed by atoms with Crippen LogP contribution < -0.4 is 0 Å². The second-order valence-electron chi connectivity index (χ2n) is 13.2. The molecule has 0 aliphatic heterocycles. The Bertz CT molecular complexity index is 1790. The Balaban J connectivity index is 1.37. The van der Waals surface area contributed by atoms with Crippen molar-refractivity contribution >= 4 is 17.7 Å². The number of hydrogen-bond acceptors (Lipinski definition) is 8. The van der Waals surface area contributed by atoms with Crippen molar-refractivity contribution in [2.45, 2.75) is 74.7 Å². The molecular weight excluding hydrogens is 693 g/mol. The molecule has 0 radical (unpaired) electrons. The molecule has 0 amide bonds. The third kappa shape index (κ3) is 10.9. The highest BCUT2D eigenvalue weighted by molar-refractivity contribution is 8.00. The highest BCUT2D eigenvalue weighted by atomic mass is 32.2. The van der Waals surface area contributed by atoms with E-state index in [9.17, 15) is 9.90 Å². The summed E-state index contributed by atoms with van der Waals surface area (Å²) in [6, 6.07) is 38.3. The van der Waals surface area contributed by atoms with Crippen LogP contribution in [0.15, 0.2) is 140 Å². The summed E-state index contributed by atoms with van der Waals surface area (Å²) in [5, 5.41) is 34.7. The molecule has 0 aliphatic rings. The Kier molecular flexibility index (Phi) is 16.3. The molecule has 8 nitrogen and oxygen atoms in total. The van der Waals surface area contributed by atoms with E-state index in [0.29, 0.717) is 17.1 Å². The molecule has 0 aliphatic carbocycles. The SMILES string of the molecule is COC(=O)CCS[C@H](C=CC=CCCCCCCCCCO)[C@@H](O)c1cccc(-c2nnn(C(c3ccccc3)(c3ccccc3)c3ccccc3)n2)c1. The van der Waals surface area contributed by atoms with Gasteiger partial charge in [-0.15, -0.1) is 15.0 Å². The van der Waals surface area contributed by atoms with Gasteiger partial charge in [-0.1, -0.05) is 166 Å². The summed E-state index contributed by atoms with van der Waals surface area (Å²) < 4.78 is 4.85. The number of unbranched alkanes of at least 4 members (excludes halogenated alkanes) is 7. The lowest BCUT2D eigenvalue weighted by molar-refractivity contribution is -0.140. The fourth-order valence-electron chi connectivity index (χ4n) is 6.65. The van der Waals surface area contributed by atoms with Gasteiger partial charge in [0.15, 0.2) is 5.54 Å². The van der Waals surface area contributed by atoms with Gasteiger partial charge in [0.25, 0.3) is 0 Å². The molecule has 9 heteroatoms. The minimum Gasteiger partial charge on any atom is -0.469 e. The van der Waals surface area contributed by atoms with Gasteiger partial charge in [-0.3, -0.25) is 4.79 Å². The van der Waals surface area contributed by atoms with E-state index >= 15 is 0 Å². The first kappa shape index (κ1) is 40.4. The predicted octanol–water partition coefficient (Wildman–Crippen LogP) is 9.10. The summed E-state index contributed by atoms with van der Waals surface area (Å²) in [7, 11) is 1.39. The lowest BCUT2D eigenvalue weighted by Gasteiger charge is -2.34. The number of methoxy groups -OCH3 is 1. The van der Waals surface area contributed by atoms with Crippen molar-refractivity contribution in [2.24, 2.45) is 0 Å². The number of rotatable bonds is 22. The highest BCUT2D eigenvalue weighted by Gasteiger charge is 2.41. The molecule has 0 fully saturated rings. The minimum absolute atomic E-state index is 0.257. The Morgan fingerprint density at radius 3 is 1.98 bits per heavy atom. The number of carbonyl (C=O) groups excluding carboxylic acids is 1. The van der Waals surface area contributed by atoms with Crippen molar-refractivity contribution in [1.82, 2.24) is 20.2 Å². The molecule has 4 aromatic carbocycles. The quantitative estimate of drug-likeness (QED) is 0.0313. The fourth-order valence-corrected chi connectivity index (χ4v) is 7.74.